The van der Waals surface area contributed by atoms with Crippen LogP contribution in [0.25, 0.3) is 0 Å². The maximum Gasteiger partial charge on any atom is 0.318 e. The Morgan fingerprint density at radius 2 is 1.89 bits per heavy atom. The first-order chi connectivity index (χ1) is 13.5. The quantitative estimate of drug-likeness (QED) is 0.790. The molecule has 150 valence electrons. The van der Waals surface area contributed by atoms with Gasteiger partial charge in [0.15, 0.2) is 0 Å². The third-order valence-electron chi connectivity index (χ3n) is 4.93. The van der Waals surface area contributed by atoms with Gasteiger partial charge in [0.25, 0.3) is 0 Å². The van der Waals surface area contributed by atoms with Crippen LogP contribution in [-0.2, 0) is 21.7 Å². The van der Waals surface area contributed by atoms with Crippen molar-refractivity contribution < 1.29 is 23.4 Å². The standard InChI is InChI=1S/C21H25FN2O4/c1-23-20(25)24-18-5-3-15(4-6-18)14-28-19-12-16(11-17(22)13-19)21(26-2)7-9-27-10-8-21/h3-6,11-13H,7-10,14H2,1-2H3,(H2,23,24,25). The van der Waals surface area contributed by atoms with Gasteiger partial charge in [-0.3, -0.25) is 0 Å². The highest BCUT2D eigenvalue weighted by Crippen LogP contribution is 2.37. The van der Waals surface area contributed by atoms with E-state index in [0.29, 0.717) is 37.5 Å². The Morgan fingerprint density at radius 3 is 2.54 bits per heavy atom. The van der Waals surface area contributed by atoms with Crippen molar-refractivity contribution in [1.82, 2.24) is 5.32 Å². The maximum absolute atomic E-state index is 14.2. The molecule has 3 rings (SSSR count). The van der Waals surface area contributed by atoms with Gasteiger partial charge in [-0.05, 0) is 35.4 Å². The number of benzene rings is 2. The zero-order valence-electron chi connectivity index (χ0n) is 16.1. The summed E-state index contributed by atoms with van der Waals surface area (Å²) in [7, 11) is 3.20. The highest BCUT2D eigenvalue weighted by molar-refractivity contribution is 5.88. The van der Waals surface area contributed by atoms with Crippen molar-refractivity contribution >= 4 is 11.7 Å². The molecular weight excluding hydrogens is 363 g/mol. The molecule has 1 heterocycles. The normalized spacial score (nSPS) is 15.7. The Balaban J connectivity index is 1.69. The van der Waals surface area contributed by atoms with E-state index in [9.17, 15) is 9.18 Å². The fourth-order valence-corrected chi connectivity index (χ4v) is 3.27. The molecule has 0 saturated carbocycles. The Labute approximate surface area is 164 Å². The van der Waals surface area contributed by atoms with Crippen molar-refractivity contribution in [1.29, 1.82) is 0 Å². The third-order valence-corrected chi connectivity index (χ3v) is 4.93. The number of carbonyl (C=O) groups excluding carboxylic acids is 1. The molecule has 1 fully saturated rings. The van der Waals surface area contributed by atoms with Crippen molar-refractivity contribution in [3.63, 3.8) is 0 Å². The predicted molar refractivity (Wildman–Crippen MR) is 104 cm³/mol. The van der Waals surface area contributed by atoms with Crippen LogP contribution in [0, 0.1) is 5.82 Å². The number of ether oxygens (including phenoxy) is 3. The predicted octanol–water partition coefficient (Wildman–Crippen LogP) is 3.81. The van der Waals surface area contributed by atoms with Crippen molar-refractivity contribution in [3.05, 3.63) is 59.4 Å². The Bertz CT molecular complexity index is 805. The zero-order chi connectivity index (χ0) is 20.0. The summed E-state index contributed by atoms with van der Waals surface area (Å²) in [5.41, 5.74) is 1.79. The van der Waals surface area contributed by atoms with E-state index in [0.717, 1.165) is 11.1 Å². The van der Waals surface area contributed by atoms with Gasteiger partial charge in [0.2, 0.25) is 0 Å². The Kier molecular flexibility index (Phi) is 6.49. The number of rotatable bonds is 6. The summed E-state index contributed by atoms with van der Waals surface area (Å²) in [5, 5.41) is 5.18. The second-order valence-corrected chi connectivity index (χ2v) is 6.68. The van der Waals surface area contributed by atoms with Crippen molar-refractivity contribution in [2.45, 2.75) is 25.0 Å². The summed E-state index contributed by atoms with van der Waals surface area (Å²) < 4.78 is 31.2. The number of nitrogens with one attached hydrogen (secondary N) is 2. The average molecular weight is 388 g/mol. The summed E-state index contributed by atoms with van der Waals surface area (Å²) in [4.78, 5) is 11.3. The molecule has 2 N–H and O–H groups in total. The number of hydrogen-bond acceptors (Lipinski definition) is 4. The molecule has 0 atom stereocenters. The van der Waals surface area contributed by atoms with Crippen molar-refractivity contribution in [2.75, 3.05) is 32.7 Å². The average Bonchev–Trinajstić information content (AvgIpc) is 2.73. The van der Waals surface area contributed by atoms with E-state index in [4.69, 9.17) is 14.2 Å². The number of carbonyl (C=O) groups is 1. The minimum Gasteiger partial charge on any atom is -0.489 e. The molecule has 0 aliphatic carbocycles. The molecule has 7 heteroatoms. The summed E-state index contributed by atoms with van der Waals surface area (Å²) in [5.74, 6) is 0.0889. The highest BCUT2D eigenvalue weighted by Gasteiger charge is 2.35. The van der Waals surface area contributed by atoms with Crippen LogP contribution in [-0.4, -0.2) is 33.4 Å². The van der Waals surface area contributed by atoms with Gasteiger partial charge < -0.3 is 24.8 Å². The van der Waals surface area contributed by atoms with Crippen LogP contribution in [0.15, 0.2) is 42.5 Å². The van der Waals surface area contributed by atoms with E-state index >= 15 is 0 Å². The first-order valence-electron chi connectivity index (χ1n) is 9.19. The van der Waals surface area contributed by atoms with Gasteiger partial charge in [0.1, 0.15) is 18.2 Å². The van der Waals surface area contributed by atoms with Gasteiger partial charge in [-0.15, -0.1) is 0 Å². The summed E-state index contributed by atoms with van der Waals surface area (Å²) in [6, 6.07) is 11.7. The van der Waals surface area contributed by atoms with E-state index < -0.39 is 5.60 Å². The number of halogens is 1. The summed E-state index contributed by atoms with van der Waals surface area (Å²) >= 11 is 0. The van der Waals surface area contributed by atoms with E-state index in [2.05, 4.69) is 10.6 Å². The van der Waals surface area contributed by atoms with Crippen LogP contribution >= 0.6 is 0 Å². The minimum atomic E-state index is -0.550. The lowest BCUT2D eigenvalue weighted by atomic mass is 9.86. The van der Waals surface area contributed by atoms with Crippen LogP contribution < -0.4 is 15.4 Å². The number of amides is 2. The first-order valence-corrected chi connectivity index (χ1v) is 9.19. The van der Waals surface area contributed by atoms with Gasteiger partial charge >= 0.3 is 6.03 Å². The van der Waals surface area contributed by atoms with Gasteiger partial charge in [0, 0.05) is 52.0 Å². The molecule has 28 heavy (non-hydrogen) atoms. The highest BCUT2D eigenvalue weighted by atomic mass is 19.1. The zero-order valence-corrected chi connectivity index (χ0v) is 16.1. The lowest BCUT2D eigenvalue weighted by Gasteiger charge is -2.36. The fourth-order valence-electron chi connectivity index (χ4n) is 3.27. The van der Waals surface area contributed by atoms with Gasteiger partial charge in [0.05, 0.1) is 5.60 Å². The number of anilines is 1. The van der Waals surface area contributed by atoms with E-state index in [-0.39, 0.29) is 18.5 Å². The second-order valence-electron chi connectivity index (χ2n) is 6.68. The number of hydrogen-bond donors (Lipinski definition) is 2. The van der Waals surface area contributed by atoms with E-state index in [1.807, 2.05) is 18.2 Å². The molecule has 0 aromatic heterocycles. The van der Waals surface area contributed by atoms with E-state index in [1.165, 1.54) is 12.1 Å². The molecule has 0 unspecified atom stereocenters. The van der Waals surface area contributed by atoms with Crippen LogP contribution in [0.4, 0.5) is 14.9 Å². The second kappa shape index (κ2) is 9.03. The summed E-state index contributed by atoms with van der Waals surface area (Å²) in [6.45, 7) is 1.44. The number of methoxy groups -OCH3 is 1. The molecule has 0 bridgehead atoms. The molecule has 2 aromatic rings. The molecule has 2 amide bonds. The molecule has 1 saturated heterocycles. The molecule has 6 nitrogen and oxygen atoms in total. The van der Waals surface area contributed by atoms with Gasteiger partial charge in [-0.2, -0.15) is 0 Å². The monoisotopic (exact) mass is 388 g/mol. The number of urea groups is 1. The molecule has 2 aromatic carbocycles. The van der Waals surface area contributed by atoms with Crippen molar-refractivity contribution in [3.8, 4) is 5.75 Å². The Morgan fingerprint density at radius 1 is 1.18 bits per heavy atom. The molecular formula is C21H25FN2O4. The maximum atomic E-state index is 14.2. The van der Waals surface area contributed by atoms with Crippen LogP contribution in [0.3, 0.4) is 0 Å². The molecule has 0 spiro atoms. The molecule has 0 radical (unpaired) electrons. The van der Waals surface area contributed by atoms with Gasteiger partial charge in [-0.25, -0.2) is 9.18 Å². The smallest absolute Gasteiger partial charge is 0.318 e. The van der Waals surface area contributed by atoms with Crippen molar-refractivity contribution in [2.24, 2.45) is 0 Å². The van der Waals surface area contributed by atoms with Gasteiger partial charge in [-0.1, -0.05) is 12.1 Å². The first kappa shape index (κ1) is 20.1. The van der Waals surface area contributed by atoms with Crippen LogP contribution in [0.1, 0.15) is 24.0 Å². The van der Waals surface area contributed by atoms with Crippen LogP contribution in [0.2, 0.25) is 0 Å². The molecule has 1 aliphatic rings. The topological polar surface area (TPSA) is 68.8 Å². The minimum absolute atomic E-state index is 0.281. The summed E-state index contributed by atoms with van der Waals surface area (Å²) in [6.07, 6.45) is 1.35. The largest absolute Gasteiger partial charge is 0.489 e. The lowest BCUT2D eigenvalue weighted by Crippen LogP contribution is -2.35. The van der Waals surface area contributed by atoms with Crippen LogP contribution in [0.5, 0.6) is 5.75 Å². The Hall–Kier alpha value is -2.64. The fraction of sp³-hybridized carbons (Fsp3) is 0.381. The third kappa shape index (κ3) is 4.79. The van der Waals surface area contributed by atoms with E-state index in [1.54, 1.807) is 26.3 Å². The lowest BCUT2D eigenvalue weighted by molar-refractivity contribution is -0.0950. The molecule has 1 aliphatic heterocycles. The SMILES string of the molecule is CNC(=O)Nc1ccc(COc2cc(F)cc(C3(OC)CCOCC3)c2)cc1.